The van der Waals surface area contributed by atoms with Crippen LogP contribution >= 0.6 is 0 Å². The highest BCUT2D eigenvalue weighted by Gasteiger charge is 2.37. The van der Waals surface area contributed by atoms with Crippen molar-refractivity contribution in [2.75, 3.05) is 13.4 Å². The SMILES string of the molecule is CCCCOCONC(CC)=C1C(=O)CC(C)(C)CC1=O. The monoisotopic (exact) mass is 297 g/mol. The second-order valence-electron chi connectivity index (χ2n) is 6.20. The molecule has 1 rings (SSSR count). The fraction of sp³-hybridized carbons (Fsp3) is 0.750. The van der Waals surface area contributed by atoms with Gasteiger partial charge in [0.05, 0.1) is 11.3 Å². The van der Waals surface area contributed by atoms with Crippen LogP contribution in [0.5, 0.6) is 0 Å². The summed E-state index contributed by atoms with van der Waals surface area (Å²) in [7, 11) is 0. The minimum Gasteiger partial charge on any atom is -0.353 e. The number of ketones is 2. The summed E-state index contributed by atoms with van der Waals surface area (Å²) in [6, 6.07) is 0. The third-order valence-corrected chi connectivity index (χ3v) is 3.47. The molecule has 1 fully saturated rings. The molecule has 1 aliphatic rings. The number of Topliss-reactive ketones (excluding diaryl/α,β-unsaturated/α-hetero) is 2. The highest BCUT2D eigenvalue weighted by molar-refractivity contribution is 6.22. The summed E-state index contributed by atoms with van der Waals surface area (Å²) in [5.74, 6) is -0.202. The van der Waals surface area contributed by atoms with Crippen molar-refractivity contribution in [2.45, 2.75) is 59.8 Å². The highest BCUT2D eigenvalue weighted by Crippen LogP contribution is 2.34. The normalized spacial score (nSPS) is 18.0. The molecule has 21 heavy (non-hydrogen) atoms. The quantitative estimate of drug-likeness (QED) is 0.245. The number of hydroxylamine groups is 1. The van der Waals surface area contributed by atoms with Crippen molar-refractivity contribution in [3.8, 4) is 0 Å². The van der Waals surface area contributed by atoms with E-state index in [4.69, 9.17) is 9.57 Å². The van der Waals surface area contributed by atoms with E-state index in [0.717, 1.165) is 12.8 Å². The van der Waals surface area contributed by atoms with Crippen molar-refractivity contribution >= 4 is 11.6 Å². The van der Waals surface area contributed by atoms with Crippen LogP contribution in [-0.2, 0) is 19.2 Å². The van der Waals surface area contributed by atoms with Gasteiger partial charge in [-0.15, -0.1) is 0 Å². The van der Waals surface area contributed by atoms with Crippen LogP contribution in [0, 0.1) is 5.41 Å². The highest BCUT2D eigenvalue weighted by atomic mass is 16.8. The number of ether oxygens (including phenoxy) is 1. The second kappa shape index (κ2) is 8.29. The summed E-state index contributed by atoms with van der Waals surface area (Å²) in [5.41, 5.74) is 3.29. The van der Waals surface area contributed by atoms with E-state index in [9.17, 15) is 9.59 Å². The fourth-order valence-electron chi connectivity index (χ4n) is 2.36. The lowest BCUT2D eigenvalue weighted by atomic mass is 9.73. The van der Waals surface area contributed by atoms with E-state index in [1.165, 1.54) is 0 Å². The zero-order valence-corrected chi connectivity index (χ0v) is 13.6. The van der Waals surface area contributed by atoms with Gasteiger partial charge in [0.2, 0.25) is 0 Å². The molecule has 0 aromatic heterocycles. The van der Waals surface area contributed by atoms with Gasteiger partial charge in [0.15, 0.2) is 18.4 Å². The number of carbonyl (C=O) groups excluding carboxylic acids is 2. The first-order chi connectivity index (χ1) is 9.91. The van der Waals surface area contributed by atoms with Crippen molar-refractivity contribution in [3.05, 3.63) is 11.3 Å². The first-order valence-electron chi connectivity index (χ1n) is 7.66. The van der Waals surface area contributed by atoms with E-state index in [1.807, 2.05) is 20.8 Å². The molecule has 0 amide bonds. The lowest BCUT2D eigenvalue weighted by Gasteiger charge is -2.29. The average Bonchev–Trinajstić information content (AvgIpc) is 2.38. The Bertz CT molecular complexity index is 391. The summed E-state index contributed by atoms with van der Waals surface area (Å²) in [5, 5.41) is 0. The number of rotatable bonds is 8. The molecule has 1 aliphatic carbocycles. The molecule has 120 valence electrons. The summed E-state index contributed by atoms with van der Waals surface area (Å²) in [6.07, 6.45) is 3.38. The van der Waals surface area contributed by atoms with Crippen LogP contribution in [0.4, 0.5) is 0 Å². The predicted molar refractivity (Wildman–Crippen MR) is 80.3 cm³/mol. The molecule has 0 aromatic carbocycles. The number of allylic oxidation sites excluding steroid dienone is 2. The van der Waals surface area contributed by atoms with E-state index in [-0.39, 0.29) is 29.3 Å². The Morgan fingerprint density at radius 3 is 2.33 bits per heavy atom. The Morgan fingerprint density at radius 1 is 1.19 bits per heavy atom. The molecule has 5 heteroatoms. The Kier molecular flexibility index (Phi) is 7.05. The first-order valence-corrected chi connectivity index (χ1v) is 7.66. The Labute approximate surface area is 127 Å². The first kappa shape index (κ1) is 17.9. The summed E-state index contributed by atoms with van der Waals surface area (Å²) in [6.45, 7) is 8.60. The van der Waals surface area contributed by atoms with Gasteiger partial charge < -0.3 is 4.74 Å². The molecule has 0 heterocycles. The van der Waals surface area contributed by atoms with Crippen LogP contribution in [0.1, 0.15) is 59.8 Å². The fourth-order valence-corrected chi connectivity index (χ4v) is 2.36. The van der Waals surface area contributed by atoms with Crippen molar-refractivity contribution in [3.63, 3.8) is 0 Å². The molecule has 0 spiro atoms. The maximum absolute atomic E-state index is 12.2. The van der Waals surface area contributed by atoms with E-state index in [2.05, 4.69) is 12.4 Å². The van der Waals surface area contributed by atoms with Crippen molar-refractivity contribution < 1.29 is 19.2 Å². The zero-order chi connectivity index (χ0) is 15.9. The average molecular weight is 297 g/mol. The van der Waals surface area contributed by atoms with Crippen LogP contribution < -0.4 is 5.48 Å². The topological polar surface area (TPSA) is 64.6 Å². The van der Waals surface area contributed by atoms with Crippen LogP contribution in [0.3, 0.4) is 0 Å². The van der Waals surface area contributed by atoms with Crippen molar-refractivity contribution in [1.29, 1.82) is 0 Å². The molecule has 5 nitrogen and oxygen atoms in total. The van der Waals surface area contributed by atoms with Gasteiger partial charge in [0.1, 0.15) is 0 Å². The molecule has 0 atom stereocenters. The largest absolute Gasteiger partial charge is 0.353 e. The van der Waals surface area contributed by atoms with Crippen LogP contribution in [-0.4, -0.2) is 25.0 Å². The third-order valence-electron chi connectivity index (χ3n) is 3.47. The predicted octanol–water partition coefficient (Wildman–Crippen LogP) is 2.90. The smallest absolute Gasteiger partial charge is 0.173 e. The lowest BCUT2D eigenvalue weighted by molar-refractivity contribution is -0.128. The summed E-state index contributed by atoms with van der Waals surface area (Å²) in [4.78, 5) is 29.6. The second-order valence-corrected chi connectivity index (χ2v) is 6.20. The van der Waals surface area contributed by atoms with Crippen LogP contribution in [0.15, 0.2) is 11.3 Å². The maximum Gasteiger partial charge on any atom is 0.173 e. The molecule has 0 aliphatic heterocycles. The molecule has 0 radical (unpaired) electrons. The molecule has 0 aromatic rings. The standard InChI is InChI=1S/C16H27NO4/c1-5-7-8-20-11-21-17-12(6-2)15-13(18)9-16(3,4)10-14(15)19/h17H,5-11H2,1-4H3. The molecule has 0 saturated heterocycles. The van der Waals surface area contributed by atoms with E-state index >= 15 is 0 Å². The maximum atomic E-state index is 12.2. The Balaban J connectivity index is 2.60. The summed E-state index contributed by atoms with van der Waals surface area (Å²) < 4.78 is 5.27. The van der Waals surface area contributed by atoms with Gasteiger partial charge in [0, 0.05) is 19.4 Å². The number of unbranched alkanes of at least 4 members (excludes halogenated alkanes) is 1. The molecule has 1 saturated carbocycles. The van der Waals surface area contributed by atoms with Crippen LogP contribution in [0.25, 0.3) is 0 Å². The number of hydrogen-bond acceptors (Lipinski definition) is 5. The Morgan fingerprint density at radius 2 is 1.81 bits per heavy atom. The van der Waals surface area contributed by atoms with Gasteiger partial charge in [-0.3, -0.25) is 15.1 Å². The Hall–Kier alpha value is -1.20. The third kappa shape index (κ3) is 5.59. The zero-order valence-electron chi connectivity index (χ0n) is 13.6. The van der Waals surface area contributed by atoms with E-state index < -0.39 is 0 Å². The minimum atomic E-state index is -0.249. The van der Waals surface area contributed by atoms with E-state index in [1.54, 1.807) is 0 Å². The van der Waals surface area contributed by atoms with Crippen LogP contribution in [0.2, 0.25) is 0 Å². The molecule has 1 N–H and O–H groups in total. The van der Waals surface area contributed by atoms with E-state index in [0.29, 0.717) is 31.6 Å². The lowest BCUT2D eigenvalue weighted by Crippen LogP contribution is -2.34. The van der Waals surface area contributed by atoms with Gasteiger partial charge in [-0.25, -0.2) is 4.84 Å². The van der Waals surface area contributed by atoms with Gasteiger partial charge >= 0.3 is 0 Å². The molecule has 0 bridgehead atoms. The molecule has 0 unspecified atom stereocenters. The number of hydrogen-bond donors (Lipinski definition) is 1. The van der Waals surface area contributed by atoms with Gasteiger partial charge in [-0.2, -0.15) is 0 Å². The van der Waals surface area contributed by atoms with Crippen molar-refractivity contribution in [1.82, 2.24) is 5.48 Å². The minimum absolute atomic E-state index is 0.101. The van der Waals surface area contributed by atoms with Gasteiger partial charge in [0.25, 0.3) is 0 Å². The van der Waals surface area contributed by atoms with Crippen molar-refractivity contribution in [2.24, 2.45) is 5.41 Å². The summed E-state index contributed by atoms with van der Waals surface area (Å²) >= 11 is 0. The van der Waals surface area contributed by atoms with Gasteiger partial charge in [-0.1, -0.05) is 34.1 Å². The van der Waals surface area contributed by atoms with Gasteiger partial charge in [-0.05, 0) is 18.3 Å². The number of carbonyl (C=O) groups is 2. The molecular formula is C16H27NO4. The molecular weight excluding hydrogens is 270 g/mol. The number of nitrogens with one attached hydrogen (secondary N) is 1.